The highest BCUT2D eigenvalue weighted by molar-refractivity contribution is 5.59. The Morgan fingerprint density at radius 1 is 0.387 bits per heavy atom. The van der Waals surface area contributed by atoms with Crippen molar-refractivity contribution in [3.05, 3.63) is 0 Å². The van der Waals surface area contributed by atoms with Gasteiger partial charge in [-0.3, -0.25) is 0 Å². The SMILES string of the molecule is CCCCCCCCCCCCCCCCCCCCCCCCOC(=O)OCCC. The number of ether oxygens (including phenoxy) is 2. The Labute approximate surface area is 195 Å². The summed E-state index contributed by atoms with van der Waals surface area (Å²) in [6.45, 7) is 5.23. The van der Waals surface area contributed by atoms with Crippen LogP contribution in [0.4, 0.5) is 4.79 Å². The van der Waals surface area contributed by atoms with Crippen LogP contribution in [0.1, 0.15) is 162 Å². The van der Waals surface area contributed by atoms with Crippen LogP contribution in [-0.2, 0) is 9.47 Å². The first-order valence-corrected chi connectivity index (χ1v) is 14.1. The van der Waals surface area contributed by atoms with Crippen molar-refractivity contribution in [1.82, 2.24) is 0 Å². The summed E-state index contributed by atoms with van der Waals surface area (Å²) in [5.74, 6) is 0. The normalized spacial score (nSPS) is 11.0. The van der Waals surface area contributed by atoms with Gasteiger partial charge in [0.1, 0.15) is 0 Å². The van der Waals surface area contributed by atoms with Crippen LogP contribution in [-0.4, -0.2) is 19.4 Å². The highest BCUT2D eigenvalue weighted by Crippen LogP contribution is 2.15. The van der Waals surface area contributed by atoms with Crippen molar-refractivity contribution >= 4 is 6.16 Å². The van der Waals surface area contributed by atoms with Crippen LogP contribution in [0, 0.1) is 0 Å². The number of carbonyl (C=O) groups is 1. The molecule has 0 N–H and O–H groups in total. The Kier molecular flexibility index (Phi) is 26.7. The summed E-state index contributed by atoms with van der Waals surface area (Å²) < 4.78 is 9.91. The minimum Gasteiger partial charge on any atom is -0.434 e. The molecule has 0 bridgehead atoms. The van der Waals surface area contributed by atoms with Gasteiger partial charge < -0.3 is 9.47 Å². The van der Waals surface area contributed by atoms with E-state index in [1.165, 1.54) is 128 Å². The molecule has 3 nitrogen and oxygen atoms in total. The van der Waals surface area contributed by atoms with Gasteiger partial charge in [-0.1, -0.05) is 149 Å². The Hall–Kier alpha value is -0.730. The second-order valence-electron chi connectivity index (χ2n) is 9.37. The van der Waals surface area contributed by atoms with E-state index in [-0.39, 0.29) is 0 Å². The lowest BCUT2D eigenvalue weighted by Crippen LogP contribution is -2.08. The van der Waals surface area contributed by atoms with Gasteiger partial charge in [0, 0.05) is 0 Å². The van der Waals surface area contributed by atoms with E-state index in [2.05, 4.69) is 6.92 Å². The predicted octanol–water partition coefficient (Wildman–Crippen LogP) is 10.2. The van der Waals surface area contributed by atoms with Gasteiger partial charge >= 0.3 is 6.16 Å². The largest absolute Gasteiger partial charge is 0.508 e. The van der Waals surface area contributed by atoms with E-state index in [9.17, 15) is 4.79 Å². The Morgan fingerprint density at radius 3 is 1.00 bits per heavy atom. The molecule has 0 unspecified atom stereocenters. The number of rotatable bonds is 25. The number of hydrogen-bond acceptors (Lipinski definition) is 3. The summed E-state index contributed by atoms with van der Waals surface area (Å²) in [5.41, 5.74) is 0. The molecule has 31 heavy (non-hydrogen) atoms. The first-order valence-electron chi connectivity index (χ1n) is 14.1. The molecule has 0 amide bonds. The molecule has 0 aliphatic heterocycles. The van der Waals surface area contributed by atoms with Crippen molar-refractivity contribution in [3.63, 3.8) is 0 Å². The molecular formula is C28H56O3. The topological polar surface area (TPSA) is 35.5 Å². The van der Waals surface area contributed by atoms with E-state index in [0.717, 1.165) is 19.3 Å². The van der Waals surface area contributed by atoms with Crippen molar-refractivity contribution < 1.29 is 14.3 Å². The highest BCUT2D eigenvalue weighted by atomic mass is 16.7. The first kappa shape index (κ1) is 30.3. The molecule has 0 aromatic heterocycles. The van der Waals surface area contributed by atoms with Gasteiger partial charge in [-0.15, -0.1) is 0 Å². The number of carbonyl (C=O) groups excluding carboxylic acids is 1. The Bertz CT molecular complexity index is 343. The van der Waals surface area contributed by atoms with Gasteiger partial charge in [-0.25, -0.2) is 4.79 Å². The van der Waals surface area contributed by atoms with Crippen molar-refractivity contribution in [1.29, 1.82) is 0 Å². The van der Waals surface area contributed by atoms with Crippen molar-refractivity contribution in [2.24, 2.45) is 0 Å². The summed E-state index contributed by atoms with van der Waals surface area (Å²) in [7, 11) is 0. The molecule has 186 valence electrons. The van der Waals surface area contributed by atoms with Crippen LogP contribution in [0.25, 0.3) is 0 Å². The Morgan fingerprint density at radius 2 is 0.677 bits per heavy atom. The third kappa shape index (κ3) is 27.2. The van der Waals surface area contributed by atoms with E-state index < -0.39 is 6.16 Å². The zero-order chi connectivity index (χ0) is 22.7. The quantitative estimate of drug-likeness (QED) is 0.105. The van der Waals surface area contributed by atoms with Gasteiger partial charge in [0.25, 0.3) is 0 Å². The van der Waals surface area contributed by atoms with Crippen molar-refractivity contribution in [2.75, 3.05) is 13.2 Å². The Balaban J connectivity index is 3.04. The van der Waals surface area contributed by atoms with Crippen molar-refractivity contribution in [3.8, 4) is 0 Å². The molecule has 0 aromatic carbocycles. The minimum atomic E-state index is -0.509. The standard InChI is InChI=1S/C28H56O3/c1-3-5-6-7-8-9-10-11-12-13-14-15-16-17-18-19-20-21-22-23-24-25-27-31-28(29)30-26-4-2/h3-27H2,1-2H3. The zero-order valence-electron chi connectivity index (χ0n) is 21.4. The average molecular weight is 441 g/mol. The number of hydrogen-bond donors (Lipinski definition) is 0. The number of unbranched alkanes of at least 4 members (excludes halogenated alkanes) is 21. The third-order valence-electron chi connectivity index (χ3n) is 6.14. The van der Waals surface area contributed by atoms with E-state index in [0.29, 0.717) is 13.2 Å². The van der Waals surface area contributed by atoms with Crippen LogP contribution in [0.15, 0.2) is 0 Å². The summed E-state index contributed by atoms with van der Waals surface area (Å²) in [6, 6.07) is 0. The maximum absolute atomic E-state index is 11.2. The van der Waals surface area contributed by atoms with E-state index in [1.54, 1.807) is 0 Å². The molecule has 0 fully saturated rings. The van der Waals surface area contributed by atoms with Gasteiger partial charge in [-0.05, 0) is 12.8 Å². The second-order valence-corrected chi connectivity index (χ2v) is 9.37. The van der Waals surface area contributed by atoms with Crippen LogP contribution in [0.5, 0.6) is 0 Å². The molecule has 0 aliphatic rings. The molecule has 0 atom stereocenters. The molecule has 0 heterocycles. The van der Waals surface area contributed by atoms with Gasteiger partial charge in [-0.2, -0.15) is 0 Å². The molecule has 0 aliphatic carbocycles. The van der Waals surface area contributed by atoms with E-state index in [4.69, 9.17) is 9.47 Å². The zero-order valence-corrected chi connectivity index (χ0v) is 21.4. The maximum Gasteiger partial charge on any atom is 0.508 e. The third-order valence-corrected chi connectivity index (χ3v) is 6.14. The monoisotopic (exact) mass is 440 g/mol. The molecule has 0 spiro atoms. The lowest BCUT2D eigenvalue weighted by molar-refractivity contribution is 0.0541. The van der Waals surface area contributed by atoms with Gasteiger partial charge in [0.2, 0.25) is 0 Å². The van der Waals surface area contributed by atoms with E-state index in [1.807, 2.05) is 6.92 Å². The van der Waals surface area contributed by atoms with Gasteiger partial charge in [0.05, 0.1) is 13.2 Å². The molecule has 3 heteroatoms. The fraction of sp³-hybridized carbons (Fsp3) is 0.964. The molecule has 0 radical (unpaired) electrons. The lowest BCUT2D eigenvalue weighted by Gasteiger charge is -2.05. The van der Waals surface area contributed by atoms with Crippen LogP contribution < -0.4 is 0 Å². The summed E-state index contributed by atoms with van der Waals surface area (Å²) in [5, 5.41) is 0. The summed E-state index contributed by atoms with van der Waals surface area (Å²) in [4.78, 5) is 11.2. The first-order chi connectivity index (χ1) is 15.3. The fourth-order valence-corrected chi connectivity index (χ4v) is 4.09. The average Bonchev–Trinajstić information content (AvgIpc) is 2.78. The molecule has 0 aromatic rings. The molecule has 0 rings (SSSR count). The predicted molar refractivity (Wildman–Crippen MR) is 135 cm³/mol. The van der Waals surface area contributed by atoms with Crippen LogP contribution >= 0.6 is 0 Å². The summed E-state index contributed by atoms with van der Waals surface area (Å²) >= 11 is 0. The van der Waals surface area contributed by atoms with Crippen LogP contribution in [0.3, 0.4) is 0 Å². The smallest absolute Gasteiger partial charge is 0.434 e. The second kappa shape index (κ2) is 27.3. The molecular weight excluding hydrogens is 384 g/mol. The van der Waals surface area contributed by atoms with Crippen LogP contribution in [0.2, 0.25) is 0 Å². The van der Waals surface area contributed by atoms with E-state index >= 15 is 0 Å². The summed E-state index contributed by atoms with van der Waals surface area (Å²) in [6.07, 6.45) is 30.9. The minimum absolute atomic E-state index is 0.457. The lowest BCUT2D eigenvalue weighted by atomic mass is 10.0. The maximum atomic E-state index is 11.2. The molecule has 0 saturated heterocycles. The molecule has 0 saturated carbocycles. The van der Waals surface area contributed by atoms with Gasteiger partial charge in [0.15, 0.2) is 0 Å². The van der Waals surface area contributed by atoms with Crippen molar-refractivity contribution in [2.45, 2.75) is 162 Å². The fourth-order valence-electron chi connectivity index (χ4n) is 4.09. The highest BCUT2D eigenvalue weighted by Gasteiger charge is 2.01.